The summed E-state index contributed by atoms with van der Waals surface area (Å²) in [5.74, 6) is 0. The molecule has 0 spiro atoms. The molecule has 250 valence electrons. The third-order valence-corrected chi connectivity index (χ3v) is 8.16. The number of nitrogens with zero attached hydrogens (tertiary/aromatic N) is 2. The second kappa shape index (κ2) is 29.8. The van der Waals surface area contributed by atoms with Crippen molar-refractivity contribution in [2.24, 2.45) is 0 Å². The van der Waals surface area contributed by atoms with Gasteiger partial charge in [0.25, 0.3) is 0 Å². The SMILES string of the molecule is CCCC[N+](CCCC)(CCCC)CCCC.CCCC[N+](CCCC)(CCCC)CCCC.[O-]B([O-])C(F)(F)F. The average molecular weight is 597 g/mol. The highest BCUT2D eigenvalue weighted by Crippen LogP contribution is 2.18. The Morgan fingerprint density at radius 3 is 0.585 bits per heavy atom. The smallest absolute Gasteiger partial charge is 0.305 e. The van der Waals surface area contributed by atoms with Crippen LogP contribution in [-0.2, 0) is 0 Å². The molecule has 0 amide bonds. The van der Waals surface area contributed by atoms with Gasteiger partial charge in [-0.1, -0.05) is 107 Å². The van der Waals surface area contributed by atoms with E-state index in [9.17, 15) is 13.2 Å². The van der Waals surface area contributed by atoms with Crippen LogP contribution in [-0.4, -0.2) is 74.5 Å². The Labute approximate surface area is 255 Å². The molecule has 0 aliphatic carbocycles. The predicted molar refractivity (Wildman–Crippen MR) is 171 cm³/mol. The van der Waals surface area contributed by atoms with Crippen molar-refractivity contribution in [1.82, 2.24) is 0 Å². The number of rotatable bonds is 24. The maximum atomic E-state index is 10.6. The molecule has 0 bridgehead atoms. The summed E-state index contributed by atoms with van der Waals surface area (Å²) in [4.78, 5) is 0. The van der Waals surface area contributed by atoms with Crippen LogP contribution in [0.25, 0.3) is 0 Å². The highest BCUT2D eigenvalue weighted by molar-refractivity contribution is 6.39. The molecule has 4 nitrogen and oxygen atoms in total. The number of halogens is 3. The van der Waals surface area contributed by atoms with Crippen molar-refractivity contribution in [3.05, 3.63) is 0 Å². The highest BCUT2D eigenvalue weighted by Gasteiger charge is 2.26. The van der Waals surface area contributed by atoms with E-state index in [0.29, 0.717) is 0 Å². The van der Waals surface area contributed by atoms with Gasteiger partial charge in [0.15, 0.2) is 0 Å². The van der Waals surface area contributed by atoms with E-state index < -0.39 is 13.2 Å². The molecule has 0 saturated carbocycles. The summed E-state index contributed by atoms with van der Waals surface area (Å²) in [6, 6.07) is 0. The lowest BCUT2D eigenvalue weighted by Gasteiger charge is -2.39. The van der Waals surface area contributed by atoms with Crippen molar-refractivity contribution in [3.8, 4) is 0 Å². The first kappa shape index (κ1) is 45.1. The van der Waals surface area contributed by atoms with E-state index in [-0.39, 0.29) is 0 Å². The molecule has 0 aliphatic rings. The second-order valence-electron chi connectivity index (χ2n) is 12.2. The normalized spacial score (nSPS) is 11.9. The van der Waals surface area contributed by atoms with Crippen LogP contribution in [0.2, 0.25) is 0 Å². The third-order valence-electron chi connectivity index (χ3n) is 8.16. The fraction of sp³-hybridized carbons (Fsp3) is 1.00. The van der Waals surface area contributed by atoms with Gasteiger partial charge in [-0.25, -0.2) is 0 Å². The minimum Gasteiger partial charge on any atom is -0.887 e. The number of unbranched alkanes of at least 4 members (excludes halogenated alkanes) is 8. The molecule has 0 rings (SSSR count). The van der Waals surface area contributed by atoms with E-state index in [1.807, 2.05) is 0 Å². The van der Waals surface area contributed by atoms with Gasteiger partial charge in [0.05, 0.1) is 52.4 Å². The fourth-order valence-corrected chi connectivity index (χ4v) is 5.29. The number of hydrogen-bond donors (Lipinski definition) is 0. The first-order chi connectivity index (χ1) is 19.4. The lowest BCUT2D eigenvalue weighted by Crippen LogP contribution is -2.57. The number of quaternary nitrogens is 2. The van der Waals surface area contributed by atoms with Gasteiger partial charge < -0.3 is 19.0 Å². The van der Waals surface area contributed by atoms with Crippen molar-refractivity contribution >= 4 is 7.12 Å². The van der Waals surface area contributed by atoms with Gasteiger partial charge in [0.2, 0.25) is 0 Å². The van der Waals surface area contributed by atoms with Crippen LogP contribution >= 0.6 is 0 Å². The van der Waals surface area contributed by atoms with Crippen LogP contribution in [0.4, 0.5) is 13.2 Å². The molecule has 0 aromatic heterocycles. The molecule has 0 fully saturated rings. The van der Waals surface area contributed by atoms with E-state index in [0.717, 1.165) is 0 Å². The van der Waals surface area contributed by atoms with E-state index >= 15 is 0 Å². The van der Waals surface area contributed by atoms with Gasteiger partial charge in [0.1, 0.15) is 0 Å². The second-order valence-corrected chi connectivity index (χ2v) is 12.2. The molecule has 8 heteroatoms. The summed E-state index contributed by atoms with van der Waals surface area (Å²) in [5.41, 5.74) is 0. The topological polar surface area (TPSA) is 46.1 Å². The summed E-state index contributed by atoms with van der Waals surface area (Å²) in [5, 5.41) is 17.7. The Kier molecular flexibility index (Phi) is 32.7. The number of hydrogen-bond acceptors (Lipinski definition) is 2. The fourth-order valence-electron chi connectivity index (χ4n) is 5.29. The van der Waals surface area contributed by atoms with Gasteiger partial charge in [0, 0.05) is 7.12 Å². The molecule has 0 aliphatic heterocycles. The van der Waals surface area contributed by atoms with E-state index in [2.05, 4.69) is 55.4 Å². The third kappa shape index (κ3) is 27.0. The summed E-state index contributed by atoms with van der Waals surface area (Å²) in [6.07, 6.45) is 17.0. The summed E-state index contributed by atoms with van der Waals surface area (Å²) in [7, 11) is -3.70. The van der Waals surface area contributed by atoms with Crippen LogP contribution in [0.3, 0.4) is 0 Å². The molecule has 0 unspecified atom stereocenters. The Morgan fingerprint density at radius 2 is 0.512 bits per heavy atom. The Balaban J connectivity index is -0.000000574. The van der Waals surface area contributed by atoms with Gasteiger partial charge in [-0.3, -0.25) is 0 Å². The average Bonchev–Trinajstić information content (AvgIpc) is 2.96. The van der Waals surface area contributed by atoms with Gasteiger partial charge in [-0.05, 0) is 51.4 Å². The molecule has 0 aromatic carbocycles. The molecule has 41 heavy (non-hydrogen) atoms. The molecule has 0 radical (unpaired) electrons. The van der Waals surface area contributed by atoms with Crippen LogP contribution in [0.15, 0.2) is 0 Å². The monoisotopic (exact) mass is 597 g/mol. The zero-order chi connectivity index (χ0) is 32.0. The van der Waals surface area contributed by atoms with Crippen LogP contribution in [0, 0.1) is 0 Å². The summed E-state index contributed by atoms with van der Waals surface area (Å²) >= 11 is 0. The maximum absolute atomic E-state index is 10.6. The van der Waals surface area contributed by atoms with Crippen LogP contribution in [0.5, 0.6) is 0 Å². The lowest BCUT2D eigenvalue weighted by molar-refractivity contribution is -0.929. The van der Waals surface area contributed by atoms with Gasteiger partial charge in [-0.15, -0.1) is 0 Å². The Bertz CT molecular complexity index is 412. The molecule has 0 saturated heterocycles. The zero-order valence-corrected chi connectivity index (χ0v) is 28.9. The Morgan fingerprint density at radius 1 is 0.390 bits per heavy atom. The zero-order valence-electron chi connectivity index (χ0n) is 28.9. The molecule has 0 atom stereocenters. The van der Waals surface area contributed by atoms with E-state index in [1.165, 1.54) is 164 Å². The molecular formula is C33H72BF3N2O2. The molecule has 0 N–H and O–H groups in total. The summed E-state index contributed by atoms with van der Waals surface area (Å²) < 4.78 is 34.5. The van der Waals surface area contributed by atoms with E-state index in [1.54, 1.807) is 0 Å². The largest absolute Gasteiger partial charge is 0.887 e. The van der Waals surface area contributed by atoms with Crippen molar-refractivity contribution < 1.29 is 32.2 Å². The molecular weight excluding hydrogens is 524 g/mol. The van der Waals surface area contributed by atoms with Gasteiger partial charge >= 0.3 is 6.08 Å². The van der Waals surface area contributed by atoms with Crippen molar-refractivity contribution in [3.63, 3.8) is 0 Å². The quantitative estimate of drug-likeness (QED) is 0.0831. The Hall–Kier alpha value is -0.305. The minimum atomic E-state index is -5.11. The number of alkyl halides is 3. The highest BCUT2D eigenvalue weighted by atomic mass is 19.4. The van der Waals surface area contributed by atoms with Crippen molar-refractivity contribution in [1.29, 1.82) is 0 Å². The maximum Gasteiger partial charge on any atom is 0.305 e. The standard InChI is InChI=1S/2C16H36N.CBF3O2/c2*1-5-9-13-17(14-10-6-2,15-11-7-3)16-12-8-4;3-1(4,5)2(6)7/h2*5-16H2,1-4H3;/q2*+1;-2. The first-order valence-electron chi connectivity index (χ1n) is 17.5. The molecule has 0 aromatic rings. The predicted octanol–water partition coefficient (Wildman–Crippen LogP) is 8.30. The summed E-state index contributed by atoms with van der Waals surface area (Å²) in [6.45, 7) is 30.0. The minimum absolute atomic E-state index is 1.35. The van der Waals surface area contributed by atoms with Gasteiger partial charge in [-0.2, -0.15) is 13.2 Å². The lowest BCUT2D eigenvalue weighted by atomic mass is 9.92. The van der Waals surface area contributed by atoms with E-state index in [4.69, 9.17) is 10.0 Å². The van der Waals surface area contributed by atoms with Crippen molar-refractivity contribution in [2.45, 2.75) is 164 Å². The van der Waals surface area contributed by atoms with Crippen LogP contribution < -0.4 is 10.0 Å². The first-order valence-corrected chi connectivity index (χ1v) is 17.5. The van der Waals surface area contributed by atoms with Crippen molar-refractivity contribution in [2.75, 3.05) is 52.4 Å². The van der Waals surface area contributed by atoms with Crippen LogP contribution in [0.1, 0.15) is 158 Å². The molecule has 0 heterocycles.